The standard InChI is InChI=1S/C19H29ClN4O3.HI/c1-19(2,3)27-18(25)24-9-7-13(8-10-24)12-22-17(21)23-14-5-6-16(26-4)15(20)11-14;/h5-6,11,13H,7-10,12H2,1-4H3,(H3,21,22,23);1H. The van der Waals surface area contributed by atoms with E-state index in [0.717, 1.165) is 18.5 Å². The molecule has 2 rings (SSSR count). The molecule has 1 heterocycles. The minimum Gasteiger partial charge on any atom is -0.495 e. The number of likely N-dealkylation sites (tertiary alicyclic amines) is 1. The van der Waals surface area contributed by atoms with E-state index in [4.69, 9.17) is 26.8 Å². The molecule has 1 amide bonds. The second-order valence-electron chi connectivity index (χ2n) is 7.61. The van der Waals surface area contributed by atoms with Crippen molar-refractivity contribution in [1.29, 1.82) is 0 Å². The Balaban J connectivity index is 0.00000392. The van der Waals surface area contributed by atoms with Crippen LogP contribution in [0.25, 0.3) is 0 Å². The Morgan fingerprint density at radius 1 is 1.36 bits per heavy atom. The number of carbonyl (C=O) groups is 1. The number of hydrogen-bond acceptors (Lipinski definition) is 4. The maximum Gasteiger partial charge on any atom is 0.410 e. The zero-order valence-corrected chi connectivity index (χ0v) is 19.9. The number of hydrogen-bond donors (Lipinski definition) is 2. The molecule has 0 aliphatic carbocycles. The highest BCUT2D eigenvalue weighted by atomic mass is 127. The Morgan fingerprint density at radius 2 is 2.00 bits per heavy atom. The zero-order valence-electron chi connectivity index (χ0n) is 16.8. The number of guanidine groups is 1. The summed E-state index contributed by atoms with van der Waals surface area (Å²) in [6.07, 6.45) is 1.51. The van der Waals surface area contributed by atoms with Gasteiger partial charge in [-0.15, -0.1) is 24.0 Å². The van der Waals surface area contributed by atoms with Crippen molar-refractivity contribution in [3.63, 3.8) is 0 Å². The summed E-state index contributed by atoms with van der Waals surface area (Å²) in [5, 5.41) is 3.53. The third kappa shape index (κ3) is 7.90. The number of nitrogens with zero attached hydrogens (tertiary/aromatic N) is 2. The van der Waals surface area contributed by atoms with Crippen LogP contribution in [-0.4, -0.2) is 49.3 Å². The van der Waals surface area contributed by atoms with Gasteiger partial charge in [-0.3, -0.25) is 4.99 Å². The molecule has 1 aliphatic heterocycles. The molecule has 158 valence electrons. The van der Waals surface area contributed by atoms with E-state index < -0.39 is 5.60 Å². The molecule has 0 unspecified atom stereocenters. The molecule has 3 N–H and O–H groups in total. The fraction of sp³-hybridized carbons (Fsp3) is 0.579. The predicted molar refractivity (Wildman–Crippen MR) is 124 cm³/mol. The minimum absolute atomic E-state index is 0. The van der Waals surface area contributed by atoms with Crippen molar-refractivity contribution in [2.24, 2.45) is 16.6 Å². The van der Waals surface area contributed by atoms with Gasteiger partial charge >= 0.3 is 6.09 Å². The lowest BCUT2D eigenvalue weighted by Crippen LogP contribution is -2.42. The lowest BCUT2D eigenvalue weighted by atomic mass is 9.97. The van der Waals surface area contributed by atoms with Crippen LogP contribution in [0, 0.1) is 5.92 Å². The fourth-order valence-corrected chi connectivity index (χ4v) is 3.04. The molecule has 0 aromatic heterocycles. The first-order valence-corrected chi connectivity index (χ1v) is 9.44. The van der Waals surface area contributed by atoms with E-state index in [1.54, 1.807) is 24.1 Å². The minimum atomic E-state index is -0.470. The van der Waals surface area contributed by atoms with E-state index >= 15 is 0 Å². The molecule has 0 bridgehead atoms. The van der Waals surface area contributed by atoms with Gasteiger partial charge in [0.05, 0.1) is 12.1 Å². The van der Waals surface area contributed by atoms with Gasteiger partial charge in [0.2, 0.25) is 0 Å². The summed E-state index contributed by atoms with van der Waals surface area (Å²) in [5.74, 6) is 1.34. The number of anilines is 1. The maximum atomic E-state index is 12.1. The highest BCUT2D eigenvalue weighted by molar-refractivity contribution is 14.0. The van der Waals surface area contributed by atoms with Crippen molar-refractivity contribution in [1.82, 2.24) is 4.90 Å². The second kappa shape index (κ2) is 10.9. The maximum absolute atomic E-state index is 12.1. The van der Waals surface area contributed by atoms with E-state index in [2.05, 4.69) is 10.3 Å². The summed E-state index contributed by atoms with van der Waals surface area (Å²) in [5.41, 5.74) is 6.25. The number of nitrogens with two attached hydrogens (primary N) is 1. The van der Waals surface area contributed by atoms with Gasteiger partial charge in [0.25, 0.3) is 0 Å². The van der Waals surface area contributed by atoms with Crippen LogP contribution < -0.4 is 15.8 Å². The monoisotopic (exact) mass is 524 g/mol. The van der Waals surface area contributed by atoms with Gasteiger partial charge in [-0.25, -0.2) is 4.79 Å². The van der Waals surface area contributed by atoms with E-state index in [9.17, 15) is 4.79 Å². The number of halogens is 2. The van der Waals surface area contributed by atoms with Crippen LogP contribution in [0.2, 0.25) is 5.02 Å². The van der Waals surface area contributed by atoms with Crippen LogP contribution in [0.15, 0.2) is 23.2 Å². The molecule has 1 aliphatic rings. The van der Waals surface area contributed by atoms with Crippen LogP contribution in [0.4, 0.5) is 10.5 Å². The van der Waals surface area contributed by atoms with E-state index in [0.29, 0.717) is 42.3 Å². The smallest absolute Gasteiger partial charge is 0.410 e. The third-order valence-corrected chi connectivity index (χ3v) is 4.51. The number of rotatable bonds is 4. The SMILES string of the molecule is COc1ccc(NC(N)=NCC2CCN(C(=O)OC(C)(C)C)CC2)cc1Cl.I. The molecule has 0 radical (unpaired) electrons. The highest BCUT2D eigenvalue weighted by Gasteiger charge is 2.26. The zero-order chi connectivity index (χ0) is 20.0. The predicted octanol–water partition coefficient (Wildman–Crippen LogP) is 4.34. The molecule has 1 aromatic carbocycles. The summed E-state index contributed by atoms with van der Waals surface area (Å²) in [7, 11) is 1.57. The number of benzene rings is 1. The van der Waals surface area contributed by atoms with Gasteiger partial charge in [-0.2, -0.15) is 0 Å². The lowest BCUT2D eigenvalue weighted by molar-refractivity contribution is 0.0187. The summed E-state index contributed by atoms with van der Waals surface area (Å²) >= 11 is 6.10. The van der Waals surface area contributed by atoms with E-state index in [-0.39, 0.29) is 30.1 Å². The quantitative estimate of drug-likeness (QED) is 0.347. The molecule has 0 saturated carbocycles. The van der Waals surface area contributed by atoms with Gasteiger partial charge in [0.15, 0.2) is 5.96 Å². The molecule has 7 nitrogen and oxygen atoms in total. The number of piperidine rings is 1. The van der Waals surface area contributed by atoms with E-state index in [1.807, 2.05) is 26.8 Å². The van der Waals surface area contributed by atoms with Crippen molar-refractivity contribution < 1.29 is 14.3 Å². The van der Waals surface area contributed by atoms with Crippen LogP contribution >= 0.6 is 35.6 Å². The number of carbonyl (C=O) groups excluding carboxylic acids is 1. The average Bonchev–Trinajstić information content (AvgIpc) is 2.59. The van der Waals surface area contributed by atoms with Crippen LogP contribution in [0.3, 0.4) is 0 Å². The molecule has 1 fully saturated rings. The summed E-state index contributed by atoms with van der Waals surface area (Å²) in [4.78, 5) is 18.3. The van der Waals surface area contributed by atoms with Crippen molar-refractivity contribution in [3.05, 3.63) is 23.2 Å². The number of methoxy groups -OCH3 is 1. The molecular weight excluding hydrogens is 495 g/mol. The molecule has 9 heteroatoms. The summed E-state index contributed by atoms with van der Waals surface area (Å²) < 4.78 is 10.5. The second-order valence-corrected chi connectivity index (χ2v) is 8.02. The van der Waals surface area contributed by atoms with Crippen molar-refractivity contribution in [2.75, 3.05) is 32.1 Å². The lowest BCUT2D eigenvalue weighted by Gasteiger charge is -2.33. The Hall–Kier alpha value is -1.42. The number of nitrogens with one attached hydrogen (secondary N) is 1. The van der Waals surface area contributed by atoms with Crippen molar-refractivity contribution in [2.45, 2.75) is 39.2 Å². The average molecular weight is 525 g/mol. The van der Waals surface area contributed by atoms with E-state index in [1.165, 1.54) is 0 Å². The summed E-state index contributed by atoms with van der Waals surface area (Å²) in [6.45, 7) is 7.59. The molecular formula is C19H30ClIN4O3. The highest BCUT2D eigenvalue weighted by Crippen LogP contribution is 2.27. The van der Waals surface area contributed by atoms with Crippen molar-refractivity contribution in [3.8, 4) is 5.75 Å². The molecule has 1 saturated heterocycles. The fourth-order valence-electron chi connectivity index (χ4n) is 2.78. The Kier molecular flexibility index (Phi) is 9.62. The number of ether oxygens (including phenoxy) is 2. The van der Waals surface area contributed by atoms with Gasteiger partial charge in [0, 0.05) is 25.3 Å². The number of aliphatic imine (C=N–C) groups is 1. The third-order valence-electron chi connectivity index (χ3n) is 4.21. The van der Waals surface area contributed by atoms with Gasteiger partial charge in [-0.05, 0) is 57.7 Å². The van der Waals surface area contributed by atoms with Gasteiger partial charge in [0.1, 0.15) is 11.4 Å². The molecule has 1 aromatic rings. The molecule has 28 heavy (non-hydrogen) atoms. The first-order valence-electron chi connectivity index (χ1n) is 9.06. The largest absolute Gasteiger partial charge is 0.495 e. The Bertz CT molecular complexity index is 686. The van der Waals surface area contributed by atoms with Gasteiger partial charge < -0.3 is 25.4 Å². The Morgan fingerprint density at radius 3 is 2.54 bits per heavy atom. The van der Waals surface area contributed by atoms with Crippen molar-refractivity contribution >= 4 is 53.3 Å². The first kappa shape index (κ1) is 24.6. The Labute approximate surface area is 189 Å². The topological polar surface area (TPSA) is 89.2 Å². The van der Waals surface area contributed by atoms with Crippen LogP contribution in [0.1, 0.15) is 33.6 Å². The normalized spacial score (nSPS) is 15.6. The summed E-state index contributed by atoms with van der Waals surface area (Å²) in [6, 6.07) is 5.33. The van der Waals surface area contributed by atoms with Gasteiger partial charge in [-0.1, -0.05) is 11.6 Å². The first-order chi connectivity index (χ1) is 12.7. The molecule has 0 spiro atoms. The number of amides is 1. The van der Waals surface area contributed by atoms with Crippen LogP contribution in [0.5, 0.6) is 5.75 Å². The van der Waals surface area contributed by atoms with Crippen LogP contribution in [-0.2, 0) is 4.74 Å². The molecule has 0 atom stereocenters.